The Morgan fingerprint density at radius 2 is 1.71 bits per heavy atom. The first-order chi connectivity index (χ1) is 29.6. The number of halogens is 1. The maximum absolute atomic E-state index is 17.1. The Morgan fingerprint density at radius 1 is 1.02 bits per heavy atom. The van der Waals surface area contributed by atoms with Gasteiger partial charge in [-0.25, -0.2) is 35.7 Å². The summed E-state index contributed by atoms with van der Waals surface area (Å²) in [5.74, 6) is -3.95. The maximum Gasteiger partial charge on any atom is 0.415 e. The number of nitroso groups, excluding NO2 is 1. The fourth-order valence-electron chi connectivity index (χ4n) is 8.47. The summed E-state index contributed by atoms with van der Waals surface area (Å²) in [5, 5.41) is 22.2. The van der Waals surface area contributed by atoms with E-state index < -0.39 is 124 Å². The maximum atomic E-state index is 17.1. The quantitative estimate of drug-likeness (QED) is 0.182. The number of amides is 4. The van der Waals surface area contributed by atoms with Crippen molar-refractivity contribution in [3.8, 4) is 0 Å². The third-order valence-corrected chi connectivity index (χ3v) is 15.8. The molecule has 3 heterocycles. The number of nitro groups is 1. The van der Waals surface area contributed by atoms with E-state index in [2.05, 4.69) is 10.3 Å². The molecule has 1 saturated heterocycles. The van der Waals surface area contributed by atoms with Crippen molar-refractivity contribution in [2.75, 3.05) is 13.1 Å². The van der Waals surface area contributed by atoms with Gasteiger partial charge in [0.05, 0.1) is 27.4 Å². The van der Waals surface area contributed by atoms with Crippen molar-refractivity contribution >= 4 is 55.8 Å². The van der Waals surface area contributed by atoms with Crippen molar-refractivity contribution in [1.29, 1.82) is 0 Å². The highest BCUT2D eigenvalue weighted by Gasteiger charge is 2.50. The lowest BCUT2D eigenvalue weighted by Crippen LogP contribution is -2.48. The summed E-state index contributed by atoms with van der Waals surface area (Å²) < 4.78 is 78.8. The molecule has 0 aromatic heterocycles. The number of allylic oxidation sites excluding steroid dienone is 2. The van der Waals surface area contributed by atoms with Crippen LogP contribution in [0.1, 0.15) is 112 Å². The highest BCUT2D eigenvalue weighted by molar-refractivity contribution is 7.92. The van der Waals surface area contributed by atoms with Gasteiger partial charge in [-0.15, -0.1) is 0 Å². The number of aliphatic imine (C=N–C) groups is 1. The Labute approximate surface area is 361 Å². The van der Waals surface area contributed by atoms with Crippen LogP contribution in [0.2, 0.25) is 0 Å². The Morgan fingerprint density at radius 3 is 2.38 bits per heavy atom. The zero-order valence-electron chi connectivity index (χ0n) is 34.6. The summed E-state index contributed by atoms with van der Waals surface area (Å²) in [6.07, 6.45) is -1.38. The fraction of sp³-hybridized carbons (Fsp3) is 0.525. The molecule has 338 valence electrons. The largest absolute Gasteiger partial charge is 0.465 e. The SMILES string of the molecule is CC(C)(C)OC(=O)N[C@@H]1CC(S(=O)(=O)c2ccccc2[N+](=O)[O-])CCC2=C(C2)/N=C\[C@@H]2CCCN2[C@@H](c2ccc3c(c2F)C(=O)N(C(=O)O)[C@H]3C(=O)NS(=O)(=O)C2CC2)CC[N+]1=O. The molecule has 7 rings (SSSR count). The number of carbonyl (C=O) groups is 4. The Hall–Kier alpha value is -5.68. The molecule has 0 bridgehead atoms. The molecule has 63 heavy (non-hydrogen) atoms. The number of para-hydroxylation sites is 1. The lowest BCUT2D eigenvalue weighted by molar-refractivity contribution is -0.592. The second-order valence-electron chi connectivity index (χ2n) is 17.2. The molecule has 5 aliphatic rings. The molecule has 2 aliphatic carbocycles. The van der Waals surface area contributed by atoms with Crippen molar-refractivity contribution in [2.45, 2.75) is 124 Å². The average molecular weight is 917 g/mol. The van der Waals surface area contributed by atoms with Gasteiger partial charge in [0, 0.05) is 63.7 Å². The van der Waals surface area contributed by atoms with Crippen LogP contribution in [-0.2, 0) is 29.4 Å². The molecule has 2 aromatic rings. The first-order valence-electron chi connectivity index (χ1n) is 20.4. The first kappa shape index (κ1) is 45.3. The summed E-state index contributed by atoms with van der Waals surface area (Å²) >= 11 is 0. The molecule has 3 N–H and O–H groups in total. The Balaban J connectivity index is 1.28. The number of carboxylic acid groups (broad SMARTS) is 1. The van der Waals surface area contributed by atoms with Crippen molar-refractivity contribution in [1.82, 2.24) is 19.8 Å². The van der Waals surface area contributed by atoms with Gasteiger partial charge >= 0.3 is 12.2 Å². The van der Waals surface area contributed by atoms with E-state index >= 15 is 4.39 Å². The van der Waals surface area contributed by atoms with Crippen LogP contribution in [-0.4, -0.2) is 113 Å². The van der Waals surface area contributed by atoms with Gasteiger partial charge in [-0.05, 0) is 77.5 Å². The highest BCUT2D eigenvalue weighted by Crippen LogP contribution is 2.43. The molecule has 5 atom stereocenters. The van der Waals surface area contributed by atoms with Crippen LogP contribution in [0.4, 0.5) is 19.7 Å². The third-order valence-electron chi connectivity index (χ3n) is 11.7. The van der Waals surface area contributed by atoms with Crippen molar-refractivity contribution < 1.29 is 59.9 Å². The molecule has 4 amide bonds. The van der Waals surface area contributed by atoms with Crippen LogP contribution >= 0.6 is 0 Å². The van der Waals surface area contributed by atoms with E-state index in [1.54, 1.807) is 27.0 Å². The lowest BCUT2D eigenvalue weighted by atomic mass is 9.94. The summed E-state index contributed by atoms with van der Waals surface area (Å²) in [6.45, 7) is 4.61. The standard InChI is InChI=1S/C40H46FN7O13S2/c1-40(2,3)61-38(51)43-32-20-25(62(57,58)31-9-5-4-8-30(31)48(55)56)11-10-22-19-28(22)42-21-23-7-6-17-45(23)29(16-18-46(32)54)26-14-15-27-33(34(26)41)37(50)47(39(52)53)35(27)36(49)44-63(59,60)24-12-13-24/h4-5,8-9,14-15,21,23-25,29,32,35H,6-7,10-13,16-20H2,1-3H3,(H2-,43,44,49,51,52,53)/p+1/b42-21-/t23-,25?,29+,32-,35+/m0/s1. The van der Waals surface area contributed by atoms with Crippen molar-refractivity contribution in [3.63, 3.8) is 0 Å². The van der Waals surface area contributed by atoms with Crippen LogP contribution in [0.3, 0.4) is 0 Å². The molecule has 1 unspecified atom stereocenters. The molecule has 23 heteroatoms. The van der Waals surface area contributed by atoms with Gasteiger partial charge in [0.1, 0.15) is 22.4 Å². The number of alkyl carbamates (subject to hydrolysis) is 1. The van der Waals surface area contributed by atoms with Crippen molar-refractivity contribution in [2.24, 2.45) is 4.99 Å². The van der Waals surface area contributed by atoms with E-state index in [1.807, 2.05) is 9.62 Å². The summed E-state index contributed by atoms with van der Waals surface area (Å²) in [5.41, 5.74) is -1.51. The second kappa shape index (κ2) is 17.1. The summed E-state index contributed by atoms with van der Waals surface area (Å²) in [6, 6.07) is 3.75. The number of carbonyl (C=O) groups excluding carboxylic acids is 3. The van der Waals surface area contributed by atoms with Gasteiger partial charge in [-0.1, -0.05) is 24.3 Å². The molecule has 20 nitrogen and oxygen atoms in total. The predicted molar refractivity (Wildman–Crippen MR) is 220 cm³/mol. The molecule has 0 spiro atoms. The van der Waals surface area contributed by atoms with Gasteiger partial charge in [0.25, 0.3) is 23.7 Å². The normalized spacial score (nSPS) is 25.2. The summed E-state index contributed by atoms with van der Waals surface area (Å²) in [7, 11) is -8.75. The van der Waals surface area contributed by atoms with Gasteiger partial charge in [-0.2, -0.15) is 0 Å². The minimum atomic E-state index is -4.56. The van der Waals surface area contributed by atoms with E-state index in [0.29, 0.717) is 36.3 Å². The molecular formula is C40H47FN7O13S2+. The van der Waals surface area contributed by atoms with E-state index in [-0.39, 0.29) is 48.1 Å². The molecule has 3 aliphatic heterocycles. The number of sulfone groups is 1. The highest BCUT2D eigenvalue weighted by atomic mass is 32.2. The van der Waals surface area contributed by atoms with Crippen LogP contribution < -0.4 is 10.0 Å². The smallest absolute Gasteiger partial charge is 0.415 e. The number of sulfonamides is 1. The number of nitrogens with one attached hydrogen (secondary N) is 2. The van der Waals surface area contributed by atoms with E-state index in [9.17, 15) is 56.1 Å². The zero-order chi connectivity index (χ0) is 45.8. The second-order valence-corrected chi connectivity index (χ2v) is 21.4. The van der Waals surface area contributed by atoms with E-state index in [1.165, 1.54) is 24.3 Å². The molecule has 2 fully saturated rings. The molecular weight excluding hydrogens is 870 g/mol. The van der Waals surface area contributed by atoms with Crippen molar-refractivity contribution in [3.05, 3.63) is 85.2 Å². The third kappa shape index (κ3) is 9.49. The summed E-state index contributed by atoms with van der Waals surface area (Å²) in [4.78, 5) is 84.3. The van der Waals surface area contributed by atoms with Crippen LogP contribution in [0, 0.1) is 20.8 Å². The number of hydrogen-bond acceptors (Lipinski definition) is 14. The first-order valence-corrected chi connectivity index (χ1v) is 23.5. The monoisotopic (exact) mass is 916 g/mol. The van der Waals surface area contributed by atoms with Crippen LogP contribution in [0.5, 0.6) is 0 Å². The lowest BCUT2D eigenvalue weighted by Gasteiger charge is -2.32. The van der Waals surface area contributed by atoms with E-state index in [0.717, 1.165) is 17.7 Å². The molecule has 2 aromatic carbocycles. The van der Waals surface area contributed by atoms with Crippen LogP contribution in [0.25, 0.3) is 0 Å². The predicted octanol–water partition coefficient (Wildman–Crippen LogP) is 4.80. The topological polar surface area (TPSA) is 272 Å². The van der Waals surface area contributed by atoms with Gasteiger partial charge in [-0.3, -0.25) is 39.6 Å². The fourth-order valence-corrected chi connectivity index (χ4v) is 11.7. The van der Waals surface area contributed by atoms with Gasteiger partial charge in [0.15, 0.2) is 16.4 Å². The van der Waals surface area contributed by atoms with Gasteiger partial charge in [0.2, 0.25) is 10.0 Å². The number of nitro benzene ring substituents is 1. The number of nitrogens with zero attached hydrogens (tertiary/aromatic N) is 5. The Bertz CT molecular complexity index is 2570. The molecule has 0 radical (unpaired) electrons. The van der Waals surface area contributed by atoms with E-state index in [4.69, 9.17) is 4.74 Å². The zero-order valence-corrected chi connectivity index (χ0v) is 36.2. The number of fused-ring (bicyclic) bond motifs is 2. The minimum absolute atomic E-state index is 0.0683. The molecule has 1 saturated carbocycles. The van der Waals surface area contributed by atoms with Gasteiger partial charge < -0.3 is 9.84 Å². The number of ether oxygens (including phenoxy) is 1. The average Bonchev–Trinajstić information content (AvgIpc) is 4.12. The number of benzene rings is 2. The number of rotatable bonds is 8. The Kier molecular flexibility index (Phi) is 12.3. The number of hydrogen-bond donors (Lipinski definition) is 3. The number of imide groups is 1. The van der Waals surface area contributed by atoms with Crippen LogP contribution in [0.15, 0.2) is 57.6 Å². The minimum Gasteiger partial charge on any atom is -0.465 e.